The SMILES string of the molecule is COc1cc(F)c(C2(C(C)N)CC2)cc1C. The van der Waals surface area contributed by atoms with Crippen LogP contribution in [0.1, 0.15) is 30.9 Å². The number of benzene rings is 1. The van der Waals surface area contributed by atoms with Gasteiger partial charge in [-0.25, -0.2) is 4.39 Å². The van der Waals surface area contributed by atoms with Gasteiger partial charge in [-0.1, -0.05) is 0 Å². The van der Waals surface area contributed by atoms with Gasteiger partial charge in [-0.05, 0) is 43.9 Å². The van der Waals surface area contributed by atoms with Crippen LogP contribution >= 0.6 is 0 Å². The number of rotatable bonds is 3. The maximum absolute atomic E-state index is 14.0. The summed E-state index contributed by atoms with van der Waals surface area (Å²) in [6.45, 7) is 3.88. The summed E-state index contributed by atoms with van der Waals surface area (Å²) in [5.74, 6) is 0.402. The van der Waals surface area contributed by atoms with Crippen LogP contribution in [0, 0.1) is 12.7 Å². The molecule has 0 radical (unpaired) electrons. The van der Waals surface area contributed by atoms with Crippen LogP contribution < -0.4 is 10.5 Å². The third kappa shape index (κ3) is 1.59. The zero-order chi connectivity index (χ0) is 11.9. The van der Waals surface area contributed by atoms with Crippen LogP contribution in [0.4, 0.5) is 4.39 Å². The zero-order valence-electron chi connectivity index (χ0n) is 10.0. The Morgan fingerprint density at radius 2 is 2.06 bits per heavy atom. The number of ether oxygens (including phenoxy) is 1. The third-order valence-corrected chi connectivity index (χ3v) is 3.68. The average Bonchev–Trinajstić information content (AvgIpc) is 3.01. The minimum Gasteiger partial charge on any atom is -0.496 e. The van der Waals surface area contributed by atoms with Gasteiger partial charge in [0.25, 0.3) is 0 Å². The molecule has 1 aromatic rings. The topological polar surface area (TPSA) is 35.2 Å². The van der Waals surface area contributed by atoms with Crippen LogP contribution in [-0.4, -0.2) is 13.2 Å². The van der Waals surface area contributed by atoms with Crippen molar-refractivity contribution < 1.29 is 9.13 Å². The molecular weight excluding hydrogens is 205 g/mol. The monoisotopic (exact) mass is 223 g/mol. The Morgan fingerprint density at radius 3 is 2.50 bits per heavy atom. The van der Waals surface area contributed by atoms with E-state index in [9.17, 15) is 4.39 Å². The lowest BCUT2D eigenvalue weighted by molar-refractivity contribution is 0.405. The number of nitrogens with two attached hydrogens (primary N) is 1. The van der Waals surface area contributed by atoms with Crippen molar-refractivity contribution in [3.8, 4) is 5.75 Å². The predicted octanol–water partition coefficient (Wildman–Crippen LogP) is 2.52. The summed E-state index contributed by atoms with van der Waals surface area (Å²) in [6, 6.07) is 3.34. The molecule has 16 heavy (non-hydrogen) atoms. The van der Waals surface area contributed by atoms with E-state index in [0.29, 0.717) is 5.75 Å². The van der Waals surface area contributed by atoms with Crippen LogP contribution in [0.5, 0.6) is 5.75 Å². The number of methoxy groups -OCH3 is 1. The van der Waals surface area contributed by atoms with Gasteiger partial charge in [0, 0.05) is 17.5 Å². The van der Waals surface area contributed by atoms with E-state index in [4.69, 9.17) is 10.5 Å². The fourth-order valence-electron chi connectivity index (χ4n) is 2.37. The minimum atomic E-state index is -0.197. The molecule has 3 heteroatoms. The van der Waals surface area contributed by atoms with Crippen molar-refractivity contribution in [2.24, 2.45) is 5.73 Å². The Kier molecular flexibility index (Phi) is 2.66. The standard InChI is InChI=1S/C13H18FNO/c1-8-6-10(11(14)7-12(8)16-3)13(4-5-13)9(2)15/h6-7,9H,4-5,15H2,1-3H3. The van der Waals surface area contributed by atoms with Crippen LogP contribution in [0.3, 0.4) is 0 Å². The van der Waals surface area contributed by atoms with Crippen molar-refractivity contribution in [3.63, 3.8) is 0 Å². The molecule has 0 saturated heterocycles. The molecule has 2 nitrogen and oxygen atoms in total. The van der Waals surface area contributed by atoms with Gasteiger partial charge in [-0.2, -0.15) is 0 Å². The predicted molar refractivity (Wildman–Crippen MR) is 62.3 cm³/mol. The smallest absolute Gasteiger partial charge is 0.130 e. The molecule has 1 aliphatic rings. The minimum absolute atomic E-state index is 0.00482. The highest BCUT2D eigenvalue weighted by Gasteiger charge is 2.49. The van der Waals surface area contributed by atoms with E-state index in [2.05, 4.69) is 0 Å². The summed E-state index contributed by atoms with van der Waals surface area (Å²) in [4.78, 5) is 0. The number of aryl methyl sites for hydroxylation is 1. The summed E-state index contributed by atoms with van der Waals surface area (Å²) >= 11 is 0. The van der Waals surface area contributed by atoms with Crippen LogP contribution in [-0.2, 0) is 5.41 Å². The first-order chi connectivity index (χ1) is 7.51. The summed E-state index contributed by atoms with van der Waals surface area (Å²) in [7, 11) is 1.56. The van der Waals surface area contributed by atoms with Gasteiger partial charge in [-0.3, -0.25) is 0 Å². The average molecular weight is 223 g/mol. The van der Waals surface area contributed by atoms with E-state index >= 15 is 0 Å². The van der Waals surface area contributed by atoms with Gasteiger partial charge in [-0.15, -0.1) is 0 Å². The van der Waals surface area contributed by atoms with Gasteiger partial charge in [0.05, 0.1) is 7.11 Å². The van der Waals surface area contributed by atoms with Crippen molar-refractivity contribution in [2.45, 2.75) is 38.1 Å². The Balaban J connectivity index is 2.47. The fraction of sp³-hybridized carbons (Fsp3) is 0.538. The number of hydrogen-bond acceptors (Lipinski definition) is 2. The van der Waals surface area contributed by atoms with Gasteiger partial charge in [0.1, 0.15) is 11.6 Å². The molecule has 0 bridgehead atoms. The third-order valence-electron chi connectivity index (χ3n) is 3.68. The van der Waals surface area contributed by atoms with E-state index in [1.54, 1.807) is 7.11 Å². The van der Waals surface area contributed by atoms with E-state index in [0.717, 1.165) is 24.0 Å². The Bertz CT molecular complexity index is 411. The molecule has 88 valence electrons. The first-order valence-corrected chi connectivity index (χ1v) is 5.61. The molecule has 1 atom stereocenters. The molecular formula is C13H18FNO. The summed E-state index contributed by atoms with van der Waals surface area (Å²) < 4.78 is 19.1. The second kappa shape index (κ2) is 3.74. The molecule has 0 spiro atoms. The normalized spacial score (nSPS) is 19.3. The molecule has 0 amide bonds. The second-order valence-corrected chi connectivity index (χ2v) is 4.75. The molecule has 1 unspecified atom stereocenters. The van der Waals surface area contributed by atoms with Crippen molar-refractivity contribution in [3.05, 3.63) is 29.1 Å². The molecule has 0 heterocycles. The molecule has 1 aromatic carbocycles. The first kappa shape index (κ1) is 11.4. The molecule has 0 aliphatic heterocycles. The summed E-state index contributed by atoms with van der Waals surface area (Å²) in [5, 5.41) is 0. The van der Waals surface area contributed by atoms with Crippen molar-refractivity contribution in [2.75, 3.05) is 7.11 Å². The van der Waals surface area contributed by atoms with E-state index in [1.165, 1.54) is 6.07 Å². The Labute approximate surface area is 95.6 Å². The van der Waals surface area contributed by atoms with Crippen molar-refractivity contribution >= 4 is 0 Å². The van der Waals surface area contributed by atoms with E-state index in [-0.39, 0.29) is 17.3 Å². The highest BCUT2D eigenvalue weighted by atomic mass is 19.1. The Morgan fingerprint density at radius 1 is 1.44 bits per heavy atom. The number of hydrogen-bond donors (Lipinski definition) is 1. The molecule has 0 aromatic heterocycles. The van der Waals surface area contributed by atoms with Gasteiger partial charge >= 0.3 is 0 Å². The highest BCUT2D eigenvalue weighted by molar-refractivity contribution is 5.43. The van der Waals surface area contributed by atoms with Crippen LogP contribution in [0.25, 0.3) is 0 Å². The van der Waals surface area contributed by atoms with Gasteiger partial charge < -0.3 is 10.5 Å². The van der Waals surface area contributed by atoms with Crippen LogP contribution in [0.15, 0.2) is 12.1 Å². The van der Waals surface area contributed by atoms with E-state index < -0.39 is 0 Å². The summed E-state index contributed by atoms with van der Waals surface area (Å²) in [5.41, 5.74) is 7.53. The lowest BCUT2D eigenvalue weighted by Crippen LogP contribution is -2.32. The van der Waals surface area contributed by atoms with E-state index in [1.807, 2.05) is 19.9 Å². The molecule has 2 rings (SSSR count). The maximum atomic E-state index is 14.0. The van der Waals surface area contributed by atoms with Gasteiger partial charge in [0.15, 0.2) is 0 Å². The lowest BCUT2D eigenvalue weighted by Gasteiger charge is -2.22. The first-order valence-electron chi connectivity index (χ1n) is 5.61. The van der Waals surface area contributed by atoms with Crippen molar-refractivity contribution in [1.29, 1.82) is 0 Å². The van der Waals surface area contributed by atoms with Gasteiger partial charge in [0.2, 0.25) is 0 Å². The molecule has 1 fully saturated rings. The fourth-order valence-corrected chi connectivity index (χ4v) is 2.37. The molecule has 2 N–H and O–H groups in total. The summed E-state index contributed by atoms with van der Waals surface area (Å²) in [6.07, 6.45) is 1.96. The second-order valence-electron chi connectivity index (χ2n) is 4.75. The quantitative estimate of drug-likeness (QED) is 0.854. The molecule has 1 aliphatic carbocycles. The lowest BCUT2D eigenvalue weighted by atomic mass is 9.88. The zero-order valence-corrected chi connectivity index (χ0v) is 10.0. The largest absolute Gasteiger partial charge is 0.496 e. The highest BCUT2D eigenvalue weighted by Crippen LogP contribution is 2.51. The Hall–Kier alpha value is -1.09. The number of halogens is 1. The van der Waals surface area contributed by atoms with Crippen molar-refractivity contribution in [1.82, 2.24) is 0 Å². The van der Waals surface area contributed by atoms with Crippen LogP contribution in [0.2, 0.25) is 0 Å². The maximum Gasteiger partial charge on any atom is 0.130 e. The molecule has 1 saturated carbocycles.